The maximum Gasteiger partial charge on any atom is 0.239 e. The van der Waals surface area contributed by atoms with Gasteiger partial charge in [-0.25, -0.2) is 0 Å². The number of hydrogen-bond donors (Lipinski definition) is 3. The summed E-state index contributed by atoms with van der Waals surface area (Å²) in [5.74, 6) is 0.593. The molecule has 1 atom stereocenters. The molecule has 4 nitrogen and oxygen atoms in total. The third-order valence-corrected chi connectivity index (χ3v) is 3.44. The molecule has 1 fully saturated rings. The zero-order chi connectivity index (χ0) is 13.3. The highest BCUT2D eigenvalue weighted by Gasteiger charge is 2.25. The average Bonchev–Trinajstić information content (AvgIpc) is 3.09. The third kappa shape index (κ3) is 2.82. The number of nitrogens with two attached hydrogens (primary N) is 1. The largest absolute Gasteiger partial charge is 0.507 e. The van der Waals surface area contributed by atoms with Gasteiger partial charge in [-0.15, -0.1) is 0 Å². The van der Waals surface area contributed by atoms with Crippen LogP contribution in [0.15, 0.2) is 12.1 Å². The van der Waals surface area contributed by atoms with Gasteiger partial charge in [0.15, 0.2) is 0 Å². The van der Waals surface area contributed by atoms with E-state index in [4.69, 9.17) is 5.73 Å². The van der Waals surface area contributed by atoms with Gasteiger partial charge in [-0.1, -0.05) is 12.1 Å². The highest BCUT2D eigenvalue weighted by Crippen LogP contribution is 2.30. The summed E-state index contributed by atoms with van der Waals surface area (Å²) in [7, 11) is 0. The van der Waals surface area contributed by atoms with Gasteiger partial charge in [0.25, 0.3) is 0 Å². The molecule has 0 aromatic heterocycles. The lowest BCUT2D eigenvalue weighted by molar-refractivity contribution is -0.120. The van der Waals surface area contributed by atoms with Gasteiger partial charge in [0, 0.05) is 0 Å². The van der Waals surface area contributed by atoms with E-state index in [1.807, 2.05) is 26.0 Å². The lowest BCUT2D eigenvalue weighted by Crippen LogP contribution is -2.34. The number of hydrogen-bond acceptors (Lipinski definition) is 3. The number of rotatable bonds is 5. The first-order chi connectivity index (χ1) is 8.49. The van der Waals surface area contributed by atoms with Crippen LogP contribution in [-0.2, 0) is 4.79 Å². The summed E-state index contributed by atoms with van der Waals surface area (Å²) in [5, 5.41) is 13.0. The van der Waals surface area contributed by atoms with Gasteiger partial charge in [-0.05, 0) is 55.8 Å². The van der Waals surface area contributed by atoms with E-state index < -0.39 is 6.04 Å². The molecule has 0 aliphatic heterocycles. The van der Waals surface area contributed by atoms with Crippen molar-refractivity contribution in [1.82, 2.24) is 5.32 Å². The predicted octanol–water partition coefficient (Wildman–Crippen LogP) is 1.54. The van der Waals surface area contributed by atoms with Crippen LogP contribution < -0.4 is 11.1 Å². The van der Waals surface area contributed by atoms with Crippen molar-refractivity contribution in [1.29, 1.82) is 0 Å². The molecule has 1 aromatic carbocycles. The Morgan fingerprint density at radius 2 is 2.00 bits per heavy atom. The zero-order valence-electron chi connectivity index (χ0n) is 10.9. The Kier molecular flexibility index (Phi) is 3.57. The Hall–Kier alpha value is -1.55. The van der Waals surface area contributed by atoms with Gasteiger partial charge in [0.05, 0.1) is 0 Å². The fraction of sp³-hybridized carbons (Fsp3) is 0.500. The van der Waals surface area contributed by atoms with Gasteiger partial charge in [-0.3, -0.25) is 4.79 Å². The van der Waals surface area contributed by atoms with E-state index in [1.54, 1.807) is 0 Å². The molecule has 1 saturated carbocycles. The summed E-state index contributed by atoms with van der Waals surface area (Å²) in [6.45, 7) is 4.47. The van der Waals surface area contributed by atoms with Crippen molar-refractivity contribution in [3.63, 3.8) is 0 Å². The molecule has 1 unspecified atom stereocenters. The molecule has 2 rings (SSSR count). The lowest BCUT2D eigenvalue weighted by atomic mass is 9.99. The second-order valence-electron chi connectivity index (χ2n) is 5.19. The van der Waals surface area contributed by atoms with Crippen molar-refractivity contribution in [3.8, 4) is 5.75 Å². The molecule has 0 heterocycles. The van der Waals surface area contributed by atoms with Crippen molar-refractivity contribution < 1.29 is 9.90 Å². The van der Waals surface area contributed by atoms with Gasteiger partial charge >= 0.3 is 0 Å². The van der Waals surface area contributed by atoms with Crippen LogP contribution in [-0.4, -0.2) is 17.6 Å². The molecular weight excluding hydrogens is 228 g/mol. The fourth-order valence-electron chi connectivity index (χ4n) is 2.15. The Bertz CT molecular complexity index is 444. The number of nitrogens with one attached hydrogen (secondary N) is 1. The molecule has 1 aliphatic rings. The number of aryl methyl sites for hydroxylation is 2. The zero-order valence-corrected chi connectivity index (χ0v) is 10.9. The standard InChI is InChI=1S/C14H20N2O2/c1-8-5-11(6-9(2)13(8)17)12(14(15)18)16-7-10-3-4-10/h5-6,10,12,16-17H,3-4,7H2,1-2H3,(H2,15,18). The van der Waals surface area contributed by atoms with Crippen LogP contribution in [0, 0.1) is 19.8 Å². The number of primary amides is 1. The molecule has 1 aromatic rings. The maximum atomic E-state index is 11.5. The number of carbonyl (C=O) groups is 1. The molecule has 0 saturated heterocycles. The second kappa shape index (κ2) is 4.98. The molecule has 4 N–H and O–H groups in total. The van der Waals surface area contributed by atoms with Gasteiger partial charge in [0.2, 0.25) is 5.91 Å². The smallest absolute Gasteiger partial charge is 0.239 e. The number of amides is 1. The maximum absolute atomic E-state index is 11.5. The first-order valence-electron chi connectivity index (χ1n) is 6.32. The van der Waals surface area contributed by atoms with Gasteiger partial charge in [0.1, 0.15) is 11.8 Å². The molecule has 98 valence electrons. The van der Waals surface area contributed by atoms with E-state index in [-0.39, 0.29) is 11.7 Å². The molecule has 4 heteroatoms. The second-order valence-corrected chi connectivity index (χ2v) is 5.19. The van der Waals surface area contributed by atoms with E-state index in [9.17, 15) is 9.90 Å². The summed E-state index contributed by atoms with van der Waals surface area (Å²) in [4.78, 5) is 11.5. The molecule has 0 bridgehead atoms. The van der Waals surface area contributed by atoms with Crippen molar-refractivity contribution in [3.05, 3.63) is 28.8 Å². The first kappa shape index (κ1) is 12.9. The normalized spacial score (nSPS) is 16.6. The Labute approximate surface area is 107 Å². The van der Waals surface area contributed by atoms with Crippen LogP contribution in [0.2, 0.25) is 0 Å². The monoisotopic (exact) mass is 248 g/mol. The Morgan fingerprint density at radius 1 is 1.44 bits per heavy atom. The summed E-state index contributed by atoms with van der Waals surface area (Å²) in [6, 6.07) is 3.17. The van der Waals surface area contributed by atoms with E-state index in [1.165, 1.54) is 12.8 Å². The van der Waals surface area contributed by atoms with Crippen LogP contribution in [0.4, 0.5) is 0 Å². The molecule has 0 radical (unpaired) electrons. The summed E-state index contributed by atoms with van der Waals surface area (Å²) in [6.07, 6.45) is 2.46. The molecule has 1 aliphatic carbocycles. The van der Waals surface area contributed by atoms with Crippen molar-refractivity contribution in [2.45, 2.75) is 32.7 Å². The number of carbonyl (C=O) groups excluding carboxylic acids is 1. The quantitative estimate of drug-likeness (QED) is 0.739. The number of benzene rings is 1. The average molecular weight is 248 g/mol. The van der Waals surface area contributed by atoms with Crippen LogP contribution in [0.5, 0.6) is 5.75 Å². The van der Waals surface area contributed by atoms with Gasteiger partial charge < -0.3 is 16.2 Å². The van der Waals surface area contributed by atoms with Crippen molar-refractivity contribution in [2.75, 3.05) is 6.54 Å². The number of phenols is 1. The van der Waals surface area contributed by atoms with E-state index >= 15 is 0 Å². The lowest BCUT2D eigenvalue weighted by Gasteiger charge is -2.17. The summed E-state index contributed by atoms with van der Waals surface area (Å²) in [5.41, 5.74) is 7.82. The Morgan fingerprint density at radius 3 is 2.44 bits per heavy atom. The third-order valence-electron chi connectivity index (χ3n) is 3.44. The number of aromatic hydroxyl groups is 1. The van der Waals surface area contributed by atoms with Crippen molar-refractivity contribution >= 4 is 5.91 Å². The number of phenolic OH excluding ortho intramolecular Hbond substituents is 1. The molecule has 1 amide bonds. The van der Waals surface area contributed by atoms with E-state index in [2.05, 4.69) is 5.32 Å². The van der Waals surface area contributed by atoms with E-state index in [0.717, 1.165) is 23.2 Å². The van der Waals surface area contributed by atoms with Crippen LogP contribution >= 0.6 is 0 Å². The summed E-state index contributed by atoms with van der Waals surface area (Å²) >= 11 is 0. The molecule has 0 spiro atoms. The highest BCUT2D eigenvalue weighted by atomic mass is 16.3. The minimum absolute atomic E-state index is 0.282. The first-order valence-corrected chi connectivity index (χ1v) is 6.32. The van der Waals surface area contributed by atoms with Crippen molar-refractivity contribution in [2.24, 2.45) is 11.7 Å². The summed E-state index contributed by atoms with van der Waals surface area (Å²) < 4.78 is 0. The minimum Gasteiger partial charge on any atom is -0.507 e. The van der Waals surface area contributed by atoms with Gasteiger partial charge in [-0.2, -0.15) is 0 Å². The molecular formula is C14H20N2O2. The predicted molar refractivity (Wildman–Crippen MR) is 70.2 cm³/mol. The highest BCUT2D eigenvalue weighted by molar-refractivity contribution is 5.81. The minimum atomic E-state index is -0.469. The van der Waals surface area contributed by atoms with Crippen LogP contribution in [0.1, 0.15) is 35.6 Å². The topological polar surface area (TPSA) is 75.3 Å². The Balaban J connectivity index is 2.20. The van der Waals surface area contributed by atoms with E-state index in [0.29, 0.717) is 5.92 Å². The SMILES string of the molecule is Cc1cc(C(NCC2CC2)C(N)=O)cc(C)c1O. The van der Waals surface area contributed by atoms with Crippen LogP contribution in [0.3, 0.4) is 0 Å². The van der Waals surface area contributed by atoms with Crippen LogP contribution in [0.25, 0.3) is 0 Å². The molecule has 18 heavy (non-hydrogen) atoms. The fourth-order valence-corrected chi connectivity index (χ4v) is 2.15.